The third kappa shape index (κ3) is 4.55. The fourth-order valence-electron chi connectivity index (χ4n) is 6.61. The van der Waals surface area contributed by atoms with Gasteiger partial charge in [-0.1, -0.05) is 97.3 Å². The van der Waals surface area contributed by atoms with Crippen LogP contribution in [0.25, 0.3) is 0 Å². The van der Waals surface area contributed by atoms with Crippen LogP contribution in [0, 0.1) is 29.1 Å². The third-order valence-corrected chi connectivity index (χ3v) is 8.19. The average Bonchev–Trinajstić information content (AvgIpc) is 2.61. The predicted octanol–water partition coefficient (Wildman–Crippen LogP) is 7.76. The predicted molar refractivity (Wildman–Crippen MR) is 102 cm³/mol. The zero-order valence-electron chi connectivity index (χ0n) is 16.1. The average molecular weight is 319 g/mol. The van der Waals surface area contributed by atoms with E-state index in [1.54, 1.807) is 19.3 Å². The number of rotatable bonds is 5. The molecule has 23 heavy (non-hydrogen) atoms. The van der Waals surface area contributed by atoms with Crippen LogP contribution in [0.4, 0.5) is 0 Å². The van der Waals surface area contributed by atoms with Crippen LogP contribution in [0.1, 0.15) is 117 Å². The topological polar surface area (TPSA) is 0 Å². The second-order valence-corrected chi connectivity index (χ2v) is 9.83. The molecule has 0 amide bonds. The molecule has 0 spiro atoms. The van der Waals surface area contributed by atoms with Gasteiger partial charge in [0.15, 0.2) is 0 Å². The molecule has 0 aromatic heterocycles. The van der Waals surface area contributed by atoms with Gasteiger partial charge in [-0.15, -0.1) is 0 Å². The Morgan fingerprint density at radius 3 is 1.74 bits per heavy atom. The van der Waals surface area contributed by atoms with E-state index >= 15 is 0 Å². The van der Waals surface area contributed by atoms with Gasteiger partial charge in [0, 0.05) is 0 Å². The van der Waals surface area contributed by atoms with Gasteiger partial charge >= 0.3 is 0 Å². The van der Waals surface area contributed by atoms with E-state index < -0.39 is 0 Å². The lowest BCUT2D eigenvalue weighted by atomic mass is 9.58. The maximum absolute atomic E-state index is 2.69. The molecule has 0 aromatic rings. The molecular formula is C23H42. The molecule has 0 aromatic carbocycles. The Morgan fingerprint density at radius 2 is 1.17 bits per heavy atom. The van der Waals surface area contributed by atoms with Gasteiger partial charge in [0.1, 0.15) is 0 Å². The van der Waals surface area contributed by atoms with Gasteiger partial charge in [-0.2, -0.15) is 0 Å². The monoisotopic (exact) mass is 318 g/mol. The normalized spacial score (nSPS) is 30.0. The van der Waals surface area contributed by atoms with Crippen LogP contribution in [0.2, 0.25) is 0 Å². The summed E-state index contributed by atoms with van der Waals surface area (Å²) in [5, 5.41) is 0. The van der Waals surface area contributed by atoms with Crippen LogP contribution in [0.5, 0.6) is 0 Å². The third-order valence-electron chi connectivity index (χ3n) is 8.19. The van der Waals surface area contributed by atoms with Crippen molar-refractivity contribution in [3.8, 4) is 0 Å². The molecule has 0 heterocycles. The highest BCUT2D eigenvalue weighted by Crippen LogP contribution is 2.51. The molecule has 2 unspecified atom stereocenters. The molecule has 0 aliphatic heterocycles. The van der Waals surface area contributed by atoms with E-state index in [1.165, 1.54) is 83.5 Å². The smallest absolute Gasteiger partial charge is 0.0295 e. The molecule has 0 N–H and O–H groups in total. The Hall–Kier alpha value is 0. The lowest BCUT2D eigenvalue weighted by Crippen LogP contribution is -2.38. The lowest BCUT2D eigenvalue weighted by Gasteiger charge is -2.48. The first-order chi connectivity index (χ1) is 11.2. The second-order valence-electron chi connectivity index (χ2n) is 9.83. The van der Waals surface area contributed by atoms with Gasteiger partial charge in [0.2, 0.25) is 0 Å². The van der Waals surface area contributed by atoms with Crippen molar-refractivity contribution in [3.05, 3.63) is 0 Å². The van der Waals surface area contributed by atoms with Crippen LogP contribution in [0.15, 0.2) is 0 Å². The summed E-state index contributed by atoms with van der Waals surface area (Å²) in [5.41, 5.74) is 0.684. The molecule has 3 aliphatic rings. The van der Waals surface area contributed by atoms with Crippen LogP contribution >= 0.6 is 0 Å². The first-order valence-corrected chi connectivity index (χ1v) is 11.2. The molecular weight excluding hydrogens is 276 g/mol. The Morgan fingerprint density at radius 1 is 0.696 bits per heavy atom. The molecule has 0 bridgehead atoms. The van der Waals surface area contributed by atoms with Crippen LogP contribution in [-0.4, -0.2) is 0 Å². The first-order valence-electron chi connectivity index (χ1n) is 11.2. The largest absolute Gasteiger partial charge is 0.0622 e. The zero-order chi connectivity index (χ0) is 16.1. The van der Waals surface area contributed by atoms with Crippen molar-refractivity contribution in [1.29, 1.82) is 0 Å². The maximum atomic E-state index is 2.69. The van der Waals surface area contributed by atoms with Gasteiger partial charge in [-0.3, -0.25) is 0 Å². The molecule has 0 radical (unpaired) electrons. The molecule has 3 saturated carbocycles. The van der Waals surface area contributed by atoms with Crippen LogP contribution in [0.3, 0.4) is 0 Å². The van der Waals surface area contributed by atoms with Crippen molar-refractivity contribution < 1.29 is 0 Å². The minimum atomic E-state index is 0.684. The Bertz CT molecular complexity index is 326. The minimum Gasteiger partial charge on any atom is -0.0622 e. The Balaban J connectivity index is 1.68. The zero-order valence-corrected chi connectivity index (χ0v) is 16.1. The highest BCUT2D eigenvalue weighted by atomic mass is 14.5. The summed E-state index contributed by atoms with van der Waals surface area (Å²) in [4.78, 5) is 0. The van der Waals surface area contributed by atoms with Gasteiger partial charge in [0.25, 0.3) is 0 Å². The van der Waals surface area contributed by atoms with Crippen molar-refractivity contribution in [2.45, 2.75) is 117 Å². The summed E-state index contributed by atoms with van der Waals surface area (Å²) in [6, 6.07) is 0. The molecule has 3 aliphatic carbocycles. The van der Waals surface area contributed by atoms with E-state index in [1.807, 2.05) is 0 Å². The van der Waals surface area contributed by atoms with Crippen molar-refractivity contribution in [2.24, 2.45) is 29.1 Å². The summed E-state index contributed by atoms with van der Waals surface area (Å²) in [6.07, 6.45) is 24.4. The van der Waals surface area contributed by atoms with E-state index in [0.29, 0.717) is 5.41 Å². The van der Waals surface area contributed by atoms with Crippen LogP contribution < -0.4 is 0 Å². The summed E-state index contributed by atoms with van der Waals surface area (Å²) in [7, 11) is 0. The van der Waals surface area contributed by atoms with Crippen molar-refractivity contribution in [1.82, 2.24) is 0 Å². The minimum absolute atomic E-state index is 0.684. The second kappa shape index (κ2) is 8.39. The fraction of sp³-hybridized carbons (Fsp3) is 1.00. The van der Waals surface area contributed by atoms with Crippen molar-refractivity contribution in [2.75, 3.05) is 0 Å². The molecule has 3 fully saturated rings. The van der Waals surface area contributed by atoms with Gasteiger partial charge < -0.3 is 0 Å². The van der Waals surface area contributed by atoms with Gasteiger partial charge in [-0.05, 0) is 48.3 Å². The Labute approximate surface area is 146 Å². The SMILES string of the molecule is CC(CC(C1CCCCC1)C1(C)CCCCC1)C1CCCCC1. The molecule has 134 valence electrons. The highest BCUT2D eigenvalue weighted by Gasteiger charge is 2.41. The van der Waals surface area contributed by atoms with E-state index in [-0.39, 0.29) is 0 Å². The van der Waals surface area contributed by atoms with Crippen molar-refractivity contribution in [3.63, 3.8) is 0 Å². The summed E-state index contributed by atoms with van der Waals surface area (Å²) in [6.45, 7) is 5.32. The summed E-state index contributed by atoms with van der Waals surface area (Å²) >= 11 is 0. The fourth-order valence-corrected chi connectivity index (χ4v) is 6.61. The maximum Gasteiger partial charge on any atom is -0.0295 e. The molecule has 3 rings (SSSR count). The highest BCUT2D eigenvalue weighted by molar-refractivity contribution is 4.91. The number of hydrogen-bond acceptors (Lipinski definition) is 0. The first kappa shape index (κ1) is 17.8. The molecule has 0 heteroatoms. The van der Waals surface area contributed by atoms with E-state index in [9.17, 15) is 0 Å². The molecule has 2 atom stereocenters. The summed E-state index contributed by atoms with van der Waals surface area (Å²) in [5.74, 6) is 4.15. The molecule has 0 saturated heterocycles. The van der Waals surface area contributed by atoms with Crippen LogP contribution in [-0.2, 0) is 0 Å². The van der Waals surface area contributed by atoms with Gasteiger partial charge in [0.05, 0.1) is 0 Å². The van der Waals surface area contributed by atoms with Gasteiger partial charge in [-0.25, -0.2) is 0 Å². The van der Waals surface area contributed by atoms with E-state index in [0.717, 1.165) is 23.7 Å². The van der Waals surface area contributed by atoms with E-state index in [2.05, 4.69) is 13.8 Å². The quantitative estimate of drug-likeness (QED) is 0.486. The van der Waals surface area contributed by atoms with Crippen molar-refractivity contribution >= 4 is 0 Å². The standard InChI is InChI=1S/C23H42/c1-19(20-12-6-3-7-13-20)18-22(21-14-8-4-9-15-21)23(2)16-10-5-11-17-23/h19-22H,3-18H2,1-2H3. The van der Waals surface area contributed by atoms with E-state index in [4.69, 9.17) is 0 Å². The number of hydrogen-bond donors (Lipinski definition) is 0. The lowest BCUT2D eigenvalue weighted by molar-refractivity contribution is 0.0278. The summed E-state index contributed by atoms with van der Waals surface area (Å²) < 4.78 is 0. The Kier molecular flexibility index (Phi) is 6.50. The molecule has 0 nitrogen and oxygen atoms in total.